The van der Waals surface area contributed by atoms with E-state index >= 15 is 0 Å². The number of amides is 1. The van der Waals surface area contributed by atoms with Crippen molar-refractivity contribution in [1.29, 1.82) is 0 Å². The van der Waals surface area contributed by atoms with E-state index in [1.807, 2.05) is 11.8 Å². The average molecular weight is 548 g/mol. The summed E-state index contributed by atoms with van der Waals surface area (Å²) in [4.78, 5) is 54.6. The first-order chi connectivity index (χ1) is 18.9. The average Bonchev–Trinajstić information content (AvgIpc) is 3.29. The zero-order valence-corrected chi connectivity index (χ0v) is 25.1. The molecule has 2 bridgehead atoms. The highest BCUT2D eigenvalue weighted by molar-refractivity contribution is 6.06. The summed E-state index contributed by atoms with van der Waals surface area (Å²) in [5, 5.41) is 5.53. The van der Waals surface area contributed by atoms with Gasteiger partial charge in [-0.25, -0.2) is 0 Å². The van der Waals surface area contributed by atoms with Gasteiger partial charge in [-0.1, -0.05) is 47.1 Å². The van der Waals surface area contributed by atoms with E-state index in [2.05, 4.69) is 39.8 Å². The molecule has 5 rings (SSSR count). The summed E-state index contributed by atoms with van der Waals surface area (Å²) in [5.74, 6) is 0.428. The van der Waals surface area contributed by atoms with Gasteiger partial charge in [-0.2, -0.15) is 5.10 Å². The third kappa shape index (κ3) is 5.28. The number of Topliss-reactive ketones (excluding diaryl/α,β-unsaturated/α-hetero) is 3. The number of aromatic nitrogens is 2. The van der Waals surface area contributed by atoms with Crippen LogP contribution in [0.25, 0.3) is 10.9 Å². The molecule has 1 saturated heterocycles. The molecular weight excluding hydrogens is 502 g/mol. The summed E-state index contributed by atoms with van der Waals surface area (Å²) < 4.78 is 1.73. The van der Waals surface area contributed by atoms with Gasteiger partial charge < -0.3 is 4.90 Å². The van der Waals surface area contributed by atoms with Crippen molar-refractivity contribution in [2.75, 3.05) is 0 Å². The van der Waals surface area contributed by atoms with Gasteiger partial charge in [-0.05, 0) is 72.5 Å². The highest BCUT2D eigenvalue weighted by atomic mass is 16.2. The monoisotopic (exact) mass is 547 g/mol. The van der Waals surface area contributed by atoms with Gasteiger partial charge in [0.15, 0.2) is 11.6 Å². The lowest BCUT2D eigenvalue weighted by atomic mass is 9.80. The number of aryl methyl sites for hydroxylation is 1. The summed E-state index contributed by atoms with van der Waals surface area (Å²) in [6, 6.07) is 3.84. The van der Waals surface area contributed by atoms with E-state index in [1.54, 1.807) is 4.68 Å². The first-order valence-electron chi connectivity index (χ1n) is 15.3. The summed E-state index contributed by atoms with van der Waals surface area (Å²) in [6.07, 6.45) is 7.43. The molecule has 216 valence electrons. The predicted octanol–water partition coefficient (Wildman–Crippen LogP) is 6.19. The Balaban J connectivity index is 1.60. The molecule has 1 saturated carbocycles. The van der Waals surface area contributed by atoms with Gasteiger partial charge in [-0.3, -0.25) is 23.9 Å². The predicted molar refractivity (Wildman–Crippen MR) is 155 cm³/mol. The zero-order valence-electron chi connectivity index (χ0n) is 25.1. The fourth-order valence-corrected chi connectivity index (χ4v) is 7.42. The zero-order chi connectivity index (χ0) is 29.0. The van der Waals surface area contributed by atoms with Crippen LogP contribution < -0.4 is 0 Å². The maximum atomic E-state index is 14.0. The topological polar surface area (TPSA) is 89.3 Å². The van der Waals surface area contributed by atoms with Crippen molar-refractivity contribution in [3.63, 3.8) is 0 Å². The molecule has 1 aromatic heterocycles. The van der Waals surface area contributed by atoms with Gasteiger partial charge in [0.25, 0.3) is 0 Å². The molecule has 0 unspecified atom stereocenters. The maximum absolute atomic E-state index is 14.0. The summed E-state index contributed by atoms with van der Waals surface area (Å²) >= 11 is 0. The second-order valence-corrected chi connectivity index (χ2v) is 13.8. The maximum Gasteiger partial charge on any atom is 0.245 e. The van der Waals surface area contributed by atoms with Gasteiger partial charge >= 0.3 is 0 Å². The minimum absolute atomic E-state index is 0.00175. The Labute approximate surface area is 238 Å². The van der Waals surface area contributed by atoms with Crippen molar-refractivity contribution >= 4 is 34.2 Å². The third-order valence-electron chi connectivity index (χ3n) is 9.78. The van der Waals surface area contributed by atoms with Crippen molar-refractivity contribution in [2.24, 2.45) is 10.8 Å². The van der Waals surface area contributed by atoms with Crippen LogP contribution in [0, 0.1) is 10.8 Å². The Kier molecular flexibility index (Phi) is 7.56. The highest BCUT2D eigenvalue weighted by Gasteiger charge is 2.66. The van der Waals surface area contributed by atoms with Crippen LogP contribution >= 0.6 is 0 Å². The molecule has 3 aliphatic rings. The molecule has 2 aromatic rings. The molecule has 0 radical (unpaired) electrons. The van der Waals surface area contributed by atoms with Crippen molar-refractivity contribution in [3.8, 4) is 0 Å². The van der Waals surface area contributed by atoms with Crippen LogP contribution in [0.4, 0.5) is 0 Å². The van der Waals surface area contributed by atoms with Crippen LogP contribution in [0.1, 0.15) is 127 Å². The van der Waals surface area contributed by atoms with E-state index < -0.39 is 6.04 Å². The molecule has 3 atom stereocenters. The van der Waals surface area contributed by atoms with Crippen LogP contribution in [0.15, 0.2) is 12.1 Å². The Bertz CT molecular complexity index is 1370. The van der Waals surface area contributed by atoms with Crippen LogP contribution in [0.5, 0.6) is 0 Å². The number of nitrogens with zero attached hydrogens (tertiary/aromatic N) is 3. The molecule has 40 heavy (non-hydrogen) atoms. The Morgan fingerprint density at radius 1 is 1.07 bits per heavy atom. The summed E-state index contributed by atoms with van der Waals surface area (Å²) in [5.41, 5.74) is 3.33. The second kappa shape index (κ2) is 10.5. The molecule has 2 aliphatic heterocycles. The number of carbonyl (C=O) groups is 4. The van der Waals surface area contributed by atoms with Crippen molar-refractivity contribution in [3.05, 3.63) is 29.0 Å². The van der Waals surface area contributed by atoms with Crippen molar-refractivity contribution < 1.29 is 19.2 Å². The molecular formula is C33H45N3O4. The van der Waals surface area contributed by atoms with Crippen LogP contribution in [-0.4, -0.2) is 50.0 Å². The van der Waals surface area contributed by atoms with Gasteiger partial charge in [0, 0.05) is 37.6 Å². The number of hydrogen-bond donors (Lipinski definition) is 0. The number of rotatable bonds is 4. The van der Waals surface area contributed by atoms with Crippen LogP contribution in [-0.2, 0) is 27.3 Å². The molecule has 7 nitrogen and oxygen atoms in total. The van der Waals surface area contributed by atoms with Crippen molar-refractivity contribution in [1.82, 2.24) is 14.7 Å². The van der Waals surface area contributed by atoms with Gasteiger partial charge in [0.2, 0.25) is 5.91 Å². The molecule has 2 fully saturated rings. The molecule has 1 aliphatic carbocycles. The molecule has 1 amide bonds. The van der Waals surface area contributed by atoms with E-state index in [0.29, 0.717) is 37.2 Å². The third-order valence-corrected chi connectivity index (χ3v) is 9.78. The normalized spacial score (nSPS) is 27.1. The van der Waals surface area contributed by atoms with Crippen LogP contribution in [0.3, 0.4) is 0 Å². The van der Waals surface area contributed by atoms with Crippen LogP contribution in [0.2, 0.25) is 0 Å². The van der Waals surface area contributed by atoms with Crippen molar-refractivity contribution in [2.45, 2.75) is 130 Å². The SMILES string of the molecule is CCC(=O)[C@@H]1C[C@]23CCC(=O)CC(C)(C)CCCCc4cc(C(C)C)cc5c(C(C)=O)nn(c45)CC(=O)N1[C@@H]2C3. The molecule has 1 aromatic carbocycles. The van der Waals surface area contributed by atoms with E-state index in [4.69, 9.17) is 5.10 Å². The first-order valence-corrected chi connectivity index (χ1v) is 15.3. The largest absolute Gasteiger partial charge is 0.327 e. The summed E-state index contributed by atoms with van der Waals surface area (Å²) in [6.45, 7) is 12.1. The van der Waals surface area contributed by atoms with E-state index in [-0.39, 0.29) is 46.8 Å². The lowest BCUT2D eigenvalue weighted by Gasteiger charge is -2.27. The first kappa shape index (κ1) is 28.7. The lowest BCUT2D eigenvalue weighted by molar-refractivity contribution is -0.139. The minimum atomic E-state index is -0.442. The standard InChI is InChI=1S/C33H45N3O4/c1-7-27(39)26-17-33-13-11-24(38)16-32(5,6)12-9-8-10-22-14-23(20(2)3)15-25-30(21(4)37)34-35(31(22)25)19-29(40)36(26)28(33)18-33/h14-15,20,26,28H,7-13,16-19H2,1-6H3/t26-,28+,33-/m0/s1. The number of benzene rings is 1. The fourth-order valence-electron chi connectivity index (χ4n) is 7.42. The second-order valence-electron chi connectivity index (χ2n) is 13.8. The van der Waals surface area contributed by atoms with Gasteiger partial charge in [0.05, 0.1) is 11.6 Å². The lowest BCUT2D eigenvalue weighted by Crippen LogP contribution is -2.44. The minimum Gasteiger partial charge on any atom is -0.327 e. The molecule has 3 heterocycles. The Hall–Kier alpha value is -2.83. The fraction of sp³-hybridized carbons (Fsp3) is 0.667. The Morgan fingerprint density at radius 2 is 1.82 bits per heavy atom. The number of carbonyl (C=O) groups excluding carboxylic acids is 4. The smallest absolute Gasteiger partial charge is 0.245 e. The highest BCUT2D eigenvalue weighted by Crippen LogP contribution is 2.62. The molecule has 7 heteroatoms. The van der Waals surface area contributed by atoms with E-state index in [0.717, 1.165) is 60.6 Å². The quantitative estimate of drug-likeness (QED) is 0.426. The molecule has 0 N–H and O–H groups in total. The van der Waals surface area contributed by atoms with Gasteiger partial charge in [-0.15, -0.1) is 0 Å². The number of ketones is 3. The van der Waals surface area contributed by atoms with Gasteiger partial charge in [0.1, 0.15) is 18.0 Å². The number of hydrogen-bond acceptors (Lipinski definition) is 5. The number of piperidine rings is 1. The summed E-state index contributed by atoms with van der Waals surface area (Å²) in [7, 11) is 0. The molecule has 0 spiro atoms. The van der Waals surface area contributed by atoms with E-state index in [1.165, 1.54) is 6.92 Å². The van der Waals surface area contributed by atoms with E-state index in [9.17, 15) is 19.2 Å². The Morgan fingerprint density at radius 3 is 2.50 bits per heavy atom.